The van der Waals surface area contributed by atoms with E-state index in [1.807, 2.05) is 31.2 Å². The van der Waals surface area contributed by atoms with E-state index in [0.29, 0.717) is 23.8 Å². The van der Waals surface area contributed by atoms with E-state index in [-0.39, 0.29) is 23.8 Å². The molecule has 0 saturated heterocycles. The molecule has 1 aromatic heterocycles. The summed E-state index contributed by atoms with van der Waals surface area (Å²) in [6.07, 6.45) is 1.42. The number of hydrogen-bond donors (Lipinski definition) is 2. The summed E-state index contributed by atoms with van der Waals surface area (Å²) in [5.41, 5.74) is 1.43. The Bertz CT molecular complexity index is 975. The van der Waals surface area contributed by atoms with Crippen molar-refractivity contribution in [2.24, 2.45) is 5.92 Å². The first-order chi connectivity index (χ1) is 14.7. The number of rotatable bonds is 7. The minimum Gasteiger partial charge on any atom is -0.460 e. The summed E-state index contributed by atoms with van der Waals surface area (Å²) in [7, 11) is 1.72. The van der Waals surface area contributed by atoms with Crippen LogP contribution in [0, 0.1) is 5.92 Å². The van der Waals surface area contributed by atoms with Gasteiger partial charge < -0.3 is 15.4 Å². The zero-order chi connectivity index (χ0) is 22.8. The van der Waals surface area contributed by atoms with Crippen LogP contribution in [0.15, 0.2) is 36.4 Å². The molecule has 2 amide bonds. The molecule has 1 aliphatic rings. The van der Waals surface area contributed by atoms with Crippen LogP contribution in [0.1, 0.15) is 46.6 Å². The number of likely N-dealkylation sites (N-methyl/N-ethyl adjacent to an activating group) is 1. The van der Waals surface area contributed by atoms with Crippen molar-refractivity contribution in [1.29, 1.82) is 0 Å². The Hall–Kier alpha value is -2.93. The summed E-state index contributed by atoms with van der Waals surface area (Å²) in [6.45, 7) is 9.78. The van der Waals surface area contributed by atoms with E-state index in [1.54, 1.807) is 31.0 Å². The highest BCUT2D eigenvalue weighted by molar-refractivity contribution is 6.08. The second-order valence-electron chi connectivity index (χ2n) is 8.62. The first-order valence-corrected chi connectivity index (χ1v) is 10.8. The van der Waals surface area contributed by atoms with Crippen LogP contribution in [0.2, 0.25) is 0 Å². The smallest absolute Gasteiger partial charge is 0.275 e. The molecule has 2 aromatic rings. The van der Waals surface area contributed by atoms with Gasteiger partial charge >= 0.3 is 0 Å². The van der Waals surface area contributed by atoms with Crippen molar-refractivity contribution < 1.29 is 14.3 Å². The fourth-order valence-corrected chi connectivity index (χ4v) is 3.80. The molecule has 0 spiro atoms. The first kappa shape index (κ1) is 22.7. The highest BCUT2D eigenvalue weighted by Gasteiger charge is 2.46. The maximum absolute atomic E-state index is 13.6. The van der Waals surface area contributed by atoms with Gasteiger partial charge in [-0.2, -0.15) is 4.98 Å². The molecule has 0 bridgehead atoms. The van der Waals surface area contributed by atoms with Crippen molar-refractivity contribution in [2.75, 3.05) is 17.3 Å². The van der Waals surface area contributed by atoms with Gasteiger partial charge in [0, 0.05) is 5.69 Å². The third-order valence-corrected chi connectivity index (χ3v) is 5.51. The predicted molar refractivity (Wildman–Crippen MR) is 123 cm³/mol. The number of carbonyl (C=O) groups excluding carboxylic acids is 2. The maximum atomic E-state index is 13.6. The minimum atomic E-state index is -1.06. The molecule has 166 valence electrons. The number of amides is 2. The lowest BCUT2D eigenvalue weighted by molar-refractivity contribution is -0.134. The number of anilines is 3. The Balaban J connectivity index is 2.07. The van der Waals surface area contributed by atoms with Crippen molar-refractivity contribution in [2.45, 2.75) is 59.1 Å². The van der Waals surface area contributed by atoms with Crippen LogP contribution in [-0.4, -0.2) is 35.5 Å². The van der Waals surface area contributed by atoms with Gasteiger partial charge in [0.05, 0.1) is 6.04 Å². The SMILES string of the molecule is CCc1cccc(N2C(=O)C(C)(CC(C)C)Oc3nc(NC(=O)[C@H](C)NC)ccc32)c1. The standard InChI is InChI=1S/C24H32N4O3/c1-7-17-9-8-10-18(13-17)28-19-11-12-20(26-21(29)16(4)25-6)27-22(19)31-24(5,23(28)30)14-15(2)3/h8-13,15-16,25H,7,14H2,1-6H3,(H,26,27,29)/t16-,24?/m0/s1. The van der Waals surface area contributed by atoms with Gasteiger partial charge in [0.15, 0.2) is 5.60 Å². The highest BCUT2D eigenvalue weighted by atomic mass is 16.5. The van der Waals surface area contributed by atoms with Gasteiger partial charge in [-0.1, -0.05) is 32.9 Å². The second-order valence-corrected chi connectivity index (χ2v) is 8.62. The molecule has 1 unspecified atom stereocenters. The van der Waals surface area contributed by atoms with E-state index in [0.717, 1.165) is 17.7 Å². The topological polar surface area (TPSA) is 83.6 Å². The van der Waals surface area contributed by atoms with Gasteiger partial charge in [-0.3, -0.25) is 14.5 Å². The Kier molecular flexibility index (Phi) is 6.65. The molecule has 3 rings (SSSR count). The summed E-state index contributed by atoms with van der Waals surface area (Å²) in [6, 6.07) is 11.0. The number of nitrogens with zero attached hydrogens (tertiary/aromatic N) is 2. The molecule has 2 heterocycles. The molecule has 7 heteroatoms. The lowest BCUT2D eigenvalue weighted by Crippen LogP contribution is -2.53. The van der Waals surface area contributed by atoms with Crippen LogP contribution in [0.3, 0.4) is 0 Å². The van der Waals surface area contributed by atoms with Crippen molar-refractivity contribution >= 4 is 29.0 Å². The van der Waals surface area contributed by atoms with E-state index in [2.05, 4.69) is 36.4 Å². The van der Waals surface area contributed by atoms with Gasteiger partial charge in [-0.25, -0.2) is 0 Å². The van der Waals surface area contributed by atoms with Gasteiger partial charge in [0.1, 0.15) is 11.5 Å². The van der Waals surface area contributed by atoms with Gasteiger partial charge in [-0.05, 0) is 69.5 Å². The summed E-state index contributed by atoms with van der Waals surface area (Å²) in [5, 5.41) is 5.70. The second kappa shape index (κ2) is 9.06. The Morgan fingerprint density at radius 1 is 1.23 bits per heavy atom. The van der Waals surface area contributed by atoms with Crippen LogP contribution in [0.4, 0.5) is 17.2 Å². The van der Waals surface area contributed by atoms with E-state index in [9.17, 15) is 9.59 Å². The molecule has 1 aromatic carbocycles. The quantitative estimate of drug-likeness (QED) is 0.701. The summed E-state index contributed by atoms with van der Waals surface area (Å²) in [5.74, 6) is 0.649. The van der Waals surface area contributed by atoms with Crippen LogP contribution in [0.25, 0.3) is 0 Å². The van der Waals surface area contributed by atoms with Gasteiger partial charge in [0.25, 0.3) is 5.91 Å². The zero-order valence-electron chi connectivity index (χ0n) is 19.2. The van der Waals surface area contributed by atoms with Crippen molar-refractivity contribution in [3.63, 3.8) is 0 Å². The molecule has 0 aliphatic carbocycles. The fourth-order valence-electron chi connectivity index (χ4n) is 3.80. The molecule has 2 N–H and O–H groups in total. The van der Waals surface area contributed by atoms with Crippen LogP contribution in [0.5, 0.6) is 5.88 Å². The number of aromatic nitrogens is 1. The molecule has 0 saturated carbocycles. The number of carbonyl (C=O) groups is 2. The molecule has 7 nitrogen and oxygen atoms in total. The molecule has 0 radical (unpaired) electrons. The maximum Gasteiger partial charge on any atom is 0.275 e. The van der Waals surface area contributed by atoms with Gasteiger partial charge in [0.2, 0.25) is 11.8 Å². The molecule has 31 heavy (non-hydrogen) atoms. The number of aryl methyl sites for hydroxylation is 1. The third-order valence-electron chi connectivity index (χ3n) is 5.51. The number of benzene rings is 1. The van der Waals surface area contributed by atoms with E-state index in [1.165, 1.54) is 0 Å². The minimum absolute atomic E-state index is 0.121. The molecule has 2 atom stereocenters. The normalized spacial score (nSPS) is 19.1. The predicted octanol–water partition coefficient (Wildman–Crippen LogP) is 4.05. The van der Waals surface area contributed by atoms with Crippen molar-refractivity contribution in [3.8, 4) is 5.88 Å². The lowest BCUT2D eigenvalue weighted by atomic mass is 9.91. The fraction of sp³-hybridized carbons (Fsp3) is 0.458. The molecular formula is C24H32N4O3. The highest BCUT2D eigenvalue weighted by Crippen LogP contribution is 2.43. The summed E-state index contributed by atoms with van der Waals surface area (Å²) >= 11 is 0. The molecular weight excluding hydrogens is 392 g/mol. The summed E-state index contributed by atoms with van der Waals surface area (Å²) < 4.78 is 6.19. The van der Waals surface area contributed by atoms with Crippen LogP contribution < -0.4 is 20.3 Å². The van der Waals surface area contributed by atoms with E-state index < -0.39 is 5.60 Å². The first-order valence-electron chi connectivity index (χ1n) is 10.8. The number of pyridine rings is 1. The molecule has 1 aliphatic heterocycles. The zero-order valence-corrected chi connectivity index (χ0v) is 19.2. The average Bonchev–Trinajstić information content (AvgIpc) is 2.73. The number of hydrogen-bond acceptors (Lipinski definition) is 5. The number of nitrogens with one attached hydrogen (secondary N) is 2. The van der Waals surface area contributed by atoms with E-state index >= 15 is 0 Å². The van der Waals surface area contributed by atoms with Crippen LogP contribution in [-0.2, 0) is 16.0 Å². The molecule has 0 fully saturated rings. The Morgan fingerprint density at radius 2 is 1.97 bits per heavy atom. The number of fused-ring (bicyclic) bond motifs is 1. The Morgan fingerprint density at radius 3 is 2.61 bits per heavy atom. The van der Waals surface area contributed by atoms with Gasteiger partial charge in [-0.15, -0.1) is 0 Å². The van der Waals surface area contributed by atoms with Crippen molar-refractivity contribution in [1.82, 2.24) is 10.3 Å². The third kappa shape index (κ3) is 4.71. The Labute approximate surface area is 184 Å². The monoisotopic (exact) mass is 424 g/mol. The van der Waals surface area contributed by atoms with Crippen molar-refractivity contribution in [3.05, 3.63) is 42.0 Å². The summed E-state index contributed by atoms with van der Waals surface area (Å²) in [4.78, 5) is 32.1. The largest absolute Gasteiger partial charge is 0.460 e. The lowest BCUT2D eigenvalue weighted by Gasteiger charge is -2.41. The average molecular weight is 425 g/mol. The number of ether oxygens (including phenoxy) is 1. The van der Waals surface area contributed by atoms with Crippen LogP contribution >= 0.6 is 0 Å². The van der Waals surface area contributed by atoms with E-state index in [4.69, 9.17) is 4.74 Å².